The molecule has 96 valence electrons. The first kappa shape index (κ1) is 12.7. The zero-order chi connectivity index (χ0) is 13.4. The summed E-state index contributed by atoms with van der Waals surface area (Å²) in [5.41, 5.74) is 8.26. The number of benzene rings is 2. The number of fused-ring (bicyclic) bond motifs is 1. The molecular formula is C13H9BrClN3S. The Balaban J connectivity index is 1.96. The molecule has 3 aromatic rings. The molecule has 0 atom stereocenters. The fraction of sp³-hybridized carbons (Fsp3) is 0. The highest BCUT2D eigenvalue weighted by Gasteiger charge is 2.06. The predicted molar refractivity (Wildman–Crippen MR) is 86.5 cm³/mol. The SMILES string of the molecule is Nc1ccc2nc(Nc3ccc(Br)cc3Cl)sc2c1. The maximum atomic E-state index is 6.17. The van der Waals surface area contributed by atoms with Crippen LogP contribution in [0.2, 0.25) is 5.02 Å². The quantitative estimate of drug-likeness (QED) is 0.634. The van der Waals surface area contributed by atoms with E-state index in [1.165, 1.54) is 0 Å². The summed E-state index contributed by atoms with van der Waals surface area (Å²) in [6.07, 6.45) is 0. The van der Waals surface area contributed by atoms with Gasteiger partial charge in [0, 0.05) is 10.2 Å². The van der Waals surface area contributed by atoms with Gasteiger partial charge in [0.2, 0.25) is 0 Å². The molecule has 19 heavy (non-hydrogen) atoms. The topological polar surface area (TPSA) is 50.9 Å². The Morgan fingerprint density at radius 1 is 1.21 bits per heavy atom. The van der Waals surface area contributed by atoms with Gasteiger partial charge >= 0.3 is 0 Å². The van der Waals surface area contributed by atoms with E-state index in [-0.39, 0.29) is 0 Å². The van der Waals surface area contributed by atoms with Gasteiger partial charge in [0.1, 0.15) is 0 Å². The molecule has 3 nitrogen and oxygen atoms in total. The summed E-state index contributed by atoms with van der Waals surface area (Å²) in [6.45, 7) is 0. The normalized spacial score (nSPS) is 10.8. The first-order valence-electron chi connectivity index (χ1n) is 5.50. The van der Waals surface area contributed by atoms with Gasteiger partial charge in [-0.25, -0.2) is 4.98 Å². The number of nitrogen functional groups attached to an aromatic ring is 1. The Morgan fingerprint density at radius 3 is 2.84 bits per heavy atom. The van der Waals surface area contributed by atoms with Gasteiger partial charge in [-0.3, -0.25) is 0 Å². The lowest BCUT2D eigenvalue weighted by Crippen LogP contribution is -1.89. The number of halogens is 2. The molecule has 0 amide bonds. The van der Waals surface area contributed by atoms with Crippen LogP contribution in [0.4, 0.5) is 16.5 Å². The number of nitrogens with one attached hydrogen (secondary N) is 1. The standard InChI is InChI=1S/C13H9BrClN3S/c14-7-1-3-10(9(15)5-7)17-13-18-11-4-2-8(16)6-12(11)19-13/h1-6H,16H2,(H,17,18). The minimum Gasteiger partial charge on any atom is -0.399 e. The van der Waals surface area contributed by atoms with E-state index in [2.05, 4.69) is 26.2 Å². The number of thiazole rings is 1. The fourth-order valence-corrected chi connectivity index (χ4v) is 3.35. The third-order valence-corrected chi connectivity index (χ3v) is 4.32. The van der Waals surface area contributed by atoms with Crippen LogP contribution >= 0.6 is 38.9 Å². The van der Waals surface area contributed by atoms with Crippen molar-refractivity contribution in [1.82, 2.24) is 4.98 Å². The molecule has 0 unspecified atom stereocenters. The van der Waals surface area contributed by atoms with Crippen molar-refractivity contribution in [3.05, 3.63) is 45.9 Å². The average molecular weight is 355 g/mol. The summed E-state index contributed by atoms with van der Waals surface area (Å²) in [4.78, 5) is 4.49. The minimum absolute atomic E-state index is 0.646. The van der Waals surface area contributed by atoms with Crippen molar-refractivity contribution in [3.8, 4) is 0 Å². The predicted octanol–water partition coefficient (Wildman–Crippen LogP) is 5.04. The van der Waals surface area contributed by atoms with E-state index in [1.54, 1.807) is 11.3 Å². The van der Waals surface area contributed by atoms with Gasteiger partial charge in [-0.2, -0.15) is 0 Å². The van der Waals surface area contributed by atoms with Crippen LogP contribution in [0, 0.1) is 0 Å². The molecule has 6 heteroatoms. The zero-order valence-electron chi connectivity index (χ0n) is 9.65. The molecule has 0 spiro atoms. The van der Waals surface area contributed by atoms with Crippen molar-refractivity contribution >= 4 is 65.6 Å². The summed E-state index contributed by atoms with van der Waals surface area (Å²) in [6, 6.07) is 11.4. The lowest BCUT2D eigenvalue weighted by Gasteiger charge is -2.04. The van der Waals surface area contributed by atoms with E-state index in [0.717, 1.165) is 31.2 Å². The van der Waals surface area contributed by atoms with Crippen molar-refractivity contribution in [2.24, 2.45) is 0 Å². The summed E-state index contributed by atoms with van der Waals surface area (Å²) >= 11 is 11.1. The average Bonchev–Trinajstić information content (AvgIpc) is 2.74. The first-order chi connectivity index (χ1) is 9.11. The third-order valence-electron chi connectivity index (χ3n) is 2.59. The van der Waals surface area contributed by atoms with Crippen LogP contribution in [-0.2, 0) is 0 Å². The number of nitrogens with zero attached hydrogens (tertiary/aromatic N) is 1. The lowest BCUT2D eigenvalue weighted by molar-refractivity contribution is 1.44. The molecular weight excluding hydrogens is 346 g/mol. The molecule has 0 aliphatic heterocycles. The Kier molecular flexibility index (Phi) is 3.35. The number of hydrogen-bond acceptors (Lipinski definition) is 4. The van der Waals surface area contributed by atoms with Crippen LogP contribution in [0.5, 0.6) is 0 Å². The van der Waals surface area contributed by atoms with Crippen molar-refractivity contribution in [2.75, 3.05) is 11.1 Å². The van der Waals surface area contributed by atoms with Gasteiger partial charge in [0.25, 0.3) is 0 Å². The largest absolute Gasteiger partial charge is 0.399 e. The van der Waals surface area contributed by atoms with Crippen LogP contribution < -0.4 is 11.1 Å². The number of nitrogens with two attached hydrogens (primary N) is 1. The monoisotopic (exact) mass is 353 g/mol. The number of anilines is 3. The van der Waals surface area contributed by atoms with E-state index >= 15 is 0 Å². The van der Waals surface area contributed by atoms with Crippen LogP contribution in [0.1, 0.15) is 0 Å². The summed E-state index contributed by atoms with van der Waals surface area (Å²) in [7, 11) is 0. The highest BCUT2D eigenvalue weighted by atomic mass is 79.9. The van der Waals surface area contributed by atoms with Gasteiger partial charge in [0.05, 0.1) is 20.9 Å². The Labute approximate surface area is 127 Å². The summed E-state index contributed by atoms with van der Waals surface area (Å²) in [5, 5.41) is 4.66. The van der Waals surface area contributed by atoms with E-state index in [0.29, 0.717) is 5.02 Å². The summed E-state index contributed by atoms with van der Waals surface area (Å²) < 4.78 is 2.00. The minimum atomic E-state index is 0.646. The second-order valence-corrected chi connectivity index (χ2v) is 6.35. The highest BCUT2D eigenvalue weighted by Crippen LogP contribution is 2.33. The molecule has 0 bridgehead atoms. The van der Waals surface area contributed by atoms with Crippen LogP contribution in [0.25, 0.3) is 10.2 Å². The van der Waals surface area contributed by atoms with Crippen molar-refractivity contribution in [2.45, 2.75) is 0 Å². The molecule has 0 fully saturated rings. The van der Waals surface area contributed by atoms with E-state index in [9.17, 15) is 0 Å². The van der Waals surface area contributed by atoms with Crippen molar-refractivity contribution in [3.63, 3.8) is 0 Å². The van der Waals surface area contributed by atoms with Gasteiger partial charge in [0.15, 0.2) is 5.13 Å². The fourth-order valence-electron chi connectivity index (χ4n) is 1.70. The van der Waals surface area contributed by atoms with E-state index in [4.69, 9.17) is 17.3 Å². The highest BCUT2D eigenvalue weighted by molar-refractivity contribution is 9.10. The zero-order valence-corrected chi connectivity index (χ0v) is 12.8. The molecule has 0 saturated heterocycles. The van der Waals surface area contributed by atoms with E-state index < -0.39 is 0 Å². The Morgan fingerprint density at radius 2 is 2.05 bits per heavy atom. The van der Waals surface area contributed by atoms with Crippen molar-refractivity contribution < 1.29 is 0 Å². The molecule has 1 heterocycles. The molecule has 3 N–H and O–H groups in total. The van der Waals surface area contributed by atoms with Crippen LogP contribution in [-0.4, -0.2) is 4.98 Å². The molecule has 0 aliphatic rings. The van der Waals surface area contributed by atoms with Gasteiger partial charge in [-0.15, -0.1) is 0 Å². The molecule has 1 aromatic heterocycles. The number of hydrogen-bond donors (Lipinski definition) is 2. The smallest absolute Gasteiger partial charge is 0.188 e. The van der Waals surface area contributed by atoms with Crippen LogP contribution in [0.15, 0.2) is 40.9 Å². The lowest BCUT2D eigenvalue weighted by atomic mass is 10.3. The summed E-state index contributed by atoms with van der Waals surface area (Å²) in [5.74, 6) is 0. The number of aromatic nitrogens is 1. The maximum Gasteiger partial charge on any atom is 0.188 e. The molecule has 0 saturated carbocycles. The molecule has 2 aromatic carbocycles. The molecule has 3 rings (SSSR count). The molecule has 0 aliphatic carbocycles. The number of rotatable bonds is 2. The third kappa shape index (κ3) is 2.68. The second kappa shape index (κ2) is 5.00. The maximum absolute atomic E-state index is 6.17. The van der Waals surface area contributed by atoms with Crippen molar-refractivity contribution in [1.29, 1.82) is 0 Å². The van der Waals surface area contributed by atoms with Gasteiger partial charge < -0.3 is 11.1 Å². The van der Waals surface area contributed by atoms with Gasteiger partial charge in [-0.05, 0) is 36.4 Å². The van der Waals surface area contributed by atoms with Crippen LogP contribution in [0.3, 0.4) is 0 Å². The Bertz CT molecular complexity index is 757. The van der Waals surface area contributed by atoms with E-state index in [1.807, 2.05) is 36.4 Å². The Hall–Kier alpha value is -1.30. The second-order valence-electron chi connectivity index (χ2n) is 4.00. The van der Waals surface area contributed by atoms with Gasteiger partial charge in [-0.1, -0.05) is 38.9 Å². The molecule has 0 radical (unpaired) electrons. The first-order valence-corrected chi connectivity index (χ1v) is 7.49.